The molecular formula is C18H21N5O3S. The molecule has 142 valence electrons. The first-order valence-electron chi connectivity index (χ1n) is 8.51. The molecule has 1 fully saturated rings. The summed E-state index contributed by atoms with van der Waals surface area (Å²) in [6.45, 7) is 3.34. The molecule has 2 heterocycles. The van der Waals surface area contributed by atoms with Crippen LogP contribution in [0.1, 0.15) is 20.9 Å². The van der Waals surface area contributed by atoms with E-state index in [1.165, 1.54) is 16.2 Å². The first-order valence-corrected chi connectivity index (χ1v) is 9.39. The predicted octanol–water partition coefficient (Wildman–Crippen LogP) is 1.69. The number of thiazole rings is 1. The fourth-order valence-electron chi connectivity index (χ4n) is 2.71. The number of aromatic nitrogens is 1. The van der Waals surface area contributed by atoms with Gasteiger partial charge in [0.05, 0.1) is 6.54 Å². The minimum atomic E-state index is -0.290. The number of likely N-dealkylation sites (N-methyl/N-ethyl adjacent to an activating group) is 1. The minimum absolute atomic E-state index is 0.0108. The average Bonchev–Trinajstić information content (AvgIpc) is 3.27. The van der Waals surface area contributed by atoms with Crippen LogP contribution in [0.4, 0.5) is 10.5 Å². The molecule has 2 N–H and O–H groups in total. The van der Waals surface area contributed by atoms with Gasteiger partial charge in [0.25, 0.3) is 5.91 Å². The van der Waals surface area contributed by atoms with Crippen molar-refractivity contribution >= 4 is 34.9 Å². The molecule has 27 heavy (non-hydrogen) atoms. The van der Waals surface area contributed by atoms with Crippen LogP contribution >= 0.6 is 11.3 Å². The Morgan fingerprint density at radius 2 is 2.11 bits per heavy atom. The summed E-state index contributed by atoms with van der Waals surface area (Å²) in [5, 5.41) is 8.28. The Balaban J connectivity index is 1.61. The third-order valence-corrected chi connectivity index (χ3v) is 5.07. The van der Waals surface area contributed by atoms with Gasteiger partial charge in [-0.15, -0.1) is 11.3 Å². The molecule has 2 aromatic rings. The Kier molecular flexibility index (Phi) is 5.70. The van der Waals surface area contributed by atoms with Crippen LogP contribution in [0.3, 0.4) is 0 Å². The van der Waals surface area contributed by atoms with Gasteiger partial charge in [-0.05, 0) is 24.6 Å². The number of carbonyl (C=O) groups excluding carboxylic acids is 3. The van der Waals surface area contributed by atoms with E-state index in [1.54, 1.807) is 36.3 Å². The van der Waals surface area contributed by atoms with Crippen LogP contribution in [0.25, 0.3) is 0 Å². The summed E-state index contributed by atoms with van der Waals surface area (Å²) in [7, 11) is 1.71. The predicted molar refractivity (Wildman–Crippen MR) is 103 cm³/mol. The number of nitrogens with one attached hydrogen (secondary N) is 2. The molecule has 8 nitrogen and oxygen atoms in total. The largest absolute Gasteiger partial charge is 0.346 e. The number of hydrogen-bond donors (Lipinski definition) is 2. The molecule has 9 heteroatoms. The van der Waals surface area contributed by atoms with E-state index in [0.717, 1.165) is 10.6 Å². The van der Waals surface area contributed by atoms with Crippen molar-refractivity contribution in [1.29, 1.82) is 0 Å². The fraction of sp³-hybridized carbons (Fsp3) is 0.333. The molecule has 1 aromatic carbocycles. The molecule has 3 rings (SSSR count). The normalized spacial score (nSPS) is 13.8. The number of hydrogen-bond acceptors (Lipinski definition) is 5. The number of nitrogens with zero attached hydrogens (tertiary/aromatic N) is 3. The Morgan fingerprint density at radius 1 is 1.30 bits per heavy atom. The van der Waals surface area contributed by atoms with Crippen molar-refractivity contribution in [3.05, 3.63) is 45.9 Å². The van der Waals surface area contributed by atoms with Crippen LogP contribution in [0, 0.1) is 6.92 Å². The third kappa shape index (κ3) is 4.62. The minimum Gasteiger partial charge on any atom is -0.346 e. The summed E-state index contributed by atoms with van der Waals surface area (Å²) < 4.78 is 0. The molecule has 0 saturated carbocycles. The van der Waals surface area contributed by atoms with Gasteiger partial charge in [0.1, 0.15) is 11.6 Å². The number of amides is 4. The van der Waals surface area contributed by atoms with E-state index in [1.807, 2.05) is 12.3 Å². The molecule has 0 spiro atoms. The molecule has 4 amide bonds. The SMILES string of the molecule is Cc1ccc(C(=O)NCc2nccs2)cc1NC(=O)CN1CCN(C)C1=O. The zero-order chi connectivity index (χ0) is 19.4. The standard InChI is InChI=1S/C18H21N5O3S/c1-12-3-4-13(17(25)20-10-16-19-5-8-27-16)9-14(12)21-15(24)11-23-7-6-22(2)18(23)26/h3-5,8-9H,6-7,10-11H2,1-2H3,(H,20,25)(H,21,24). The van der Waals surface area contributed by atoms with Gasteiger partial charge in [-0.2, -0.15) is 0 Å². The molecular weight excluding hydrogens is 366 g/mol. The van der Waals surface area contributed by atoms with Gasteiger partial charge in [0, 0.05) is 43.0 Å². The number of carbonyl (C=O) groups is 3. The number of urea groups is 1. The van der Waals surface area contributed by atoms with Crippen molar-refractivity contribution in [2.45, 2.75) is 13.5 Å². The topological polar surface area (TPSA) is 94.6 Å². The molecule has 1 aliphatic heterocycles. The lowest BCUT2D eigenvalue weighted by Crippen LogP contribution is -2.36. The van der Waals surface area contributed by atoms with Gasteiger partial charge < -0.3 is 20.4 Å². The van der Waals surface area contributed by atoms with Crippen molar-refractivity contribution < 1.29 is 14.4 Å². The second-order valence-corrected chi connectivity index (χ2v) is 7.29. The Morgan fingerprint density at radius 3 is 2.78 bits per heavy atom. The number of rotatable bonds is 6. The van der Waals surface area contributed by atoms with Crippen molar-refractivity contribution in [2.75, 3.05) is 32.0 Å². The Labute approximate surface area is 161 Å². The molecule has 0 atom stereocenters. The molecule has 0 unspecified atom stereocenters. The van der Waals surface area contributed by atoms with Crippen LogP contribution in [0.5, 0.6) is 0 Å². The molecule has 0 radical (unpaired) electrons. The zero-order valence-corrected chi connectivity index (χ0v) is 16.0. The highest BCUT2D eigenvalue weighted by Crippen LogP contribution is 2.18. The second kappa shape index (κ2) is 8.17. The maximum absolute atomic E-state index is 12.3. The van der Waals surface area contributed by atoms with E-state index in [4.69, 9.17) is 0 Å². The fourth-order valence-corrected chi connectivity index (χ4v) is 3.27. The van der Waals surface area contributed by atoms with Gasteiger partial charge in [0.2, 0.25) is 5.91 Å². The van der Waals surface area contributed by atoms with Crippen LogP contribution in [0.15, 0.2) is 29.8 Å². The van der Waals surface area contributed by atoms with E-state index in [-0.39, 0.29) is 24.4 Å². The van der Waals surface area contributed by atoms with Gasteiger partial charge in [0.15, 0.2) is 0 Å². The van der Waals surface area contributed by atoms with Crippen LogP contribution in [-0.4, -0.2) is 59.3 Å². The summed E-state index contributed by atoms with van der Waals surface area (Å²) in [6.07, 6.45) is 1.69. The van der Waals surface area contributed by atoms with Crippen molar-refractivity contribution in [3.8, 4) is 0 Å². The highest BCUT2D eigenvalue weighted by molar-refractivity contribution is 7.09. The highest BCUT2D eigenvalue weighted by Gasteiger charge is 2.27. The first-order chi connectivity index (χ1) is 12.9. The summed E-state index contributed by atoms with van der Waals surface area (Å²) in [4.78, 5) is 43.7. The van der Waals surface area contributed by atoms with Crippen LogP contribution < -0.4 is 10.6 Å². The smallest absolute Gasteiger partial charge is 0.320 e. The van der Waals surface area contributed by atoms with Crippen molar-refractivity contribution in [1.82, 2.24) is 20.1 Å². The van der Waals surface area contributed by atoms with Crippen LogP contribution in [-0.2, 0) is 11.3 Å². The Hall–Kier alpha value is -2.94. The molecule has 0 bridgehead atoms. The molecule has 0 aliphatic carbocycles. The van der Waals surface area contributed by atoms with Crippen LogP contribution in [0.2, 0.25) is 0 Å². The second-order valence-electron chi connectivity index (χ2n) is 6.31. The maximum Gasteiger partial charge on any atom is 0.320 e. The number of benzene rings is 1. The van der Waals surface area contributed by atoms with Gasteiger partial charge in [-0.1, -0.05) is 6.07 Å². The van der Waals surface area contributed by atoms with E-state index in [2.05, 4.69) is 15.6 Å². The third-order valence-electron chi connectivity index (χ3n) is 4.29. The van der Waals surface area contributed by atoms with E-state index >= 15 is 0 Å². The maximum atomic E-state index is 12.3. The summed E-state index contributed by atoms with van der Waals surface area (Å²) >= 11 is 1.47. The van der Waals surface area contributed by atoms with Gasteiger partial charge in [-0.25, -0.2) is 9.78 Å². The highest BCUT2D eigenvalue weighted by atomic mass is 32.1. The molecule has 1 aliphatic rings. The lowest BCUT2D eigenvalue weighted by atomic mass is 10.1. The first kappa shape index (κ1) is 18.8. The number of aryl methyl sites for hydroxylation is 1. The monoisotopic (exact) mass is 387 g/mol. The van der Waals surface area contributed by atoms with Gasteiger partial charge >= 0.3 is 6.03 Å². The summed E-state index contributed by atoms with van der Waals surface area (Å²) in [6, 6.07) is 4.98. The van der Waals surface area contributed by atoms with Crippen molar-refractivity contribution in [2.24, 2.45) is 0 Å². The zero-order valence-electron chi connectivity index (χ0n) is 15.2. The summed E-state index contributed by atoms with van der Waals surface area (Å²) in [5.74, 6) is -0.529. The quantitative estimate of drug-likeness (QED) is 0.789. The average molecular weight is 387 g/mol. The van der Waals surface area contributed by atoms with E-state index in [0.29, 0.717) is 30.9 Å². The van der Waals surface area contributed by atoms with Gasteiger partial charge in [-0.3, -0.25) is 9.59 Å². The summed E-state index contributed by atoms with van der Waals surface area (Å²) in [5.41, 5.74) is 1.84. The van der Waals surface area contributed by atoms with Crippen molar-refractivity contribution in [3.63, 3.8) is 0 Å². The number of anilines is 1. The van der Waals surface area contributed by atoms with E-state index < -0.39 is 0 Å². The molecule has 1 aromatic heterocycles. The Bertz CT molecular complexity index is 853. The lowest BCUT2D eigenvalue weighted by molar-refractivity contribution is -0.116. The molecule has 1 saturated heterocycles. The lowest BCUT2D eigenvalue weighted by Gasteiger charge is -2.16. The van der Waals surface area contributed by atoms with E-state index in [9.17, 15) is 14.4 Å².